The van der Waals surface area contributed by atoms with Crippen molar-refractivity contribution in [1.82, 2.24) is 15.4 Å². The standard InChI is InChI=1S/C21H23N3O3/c1-15-7-8-16(2)19(13-15)27-14-21(26)23-22-20(25)10-12-24-11-9-17-5-3-4-6-18(17)24/h3-9,11,13H,10,12,14H2,1-2H3,(H,22,25)(H,23,26). The molecule has 6 nitrogen and oxygen atoms in total. The summed E-state index contributed by atoms with van der Waals surface area (Å²) in [4.78, 5) is 23.8. The normalized spacial score (nSPS) is 10.6. The summed E-state index contributed by atoms with van der Waals surface area (Å²) in [7, 11) is 0. The fourth-order valence-corrected chi connectivity index (χ4v) is 2.80. The maximum atomic E-state index is 12.0. The van der Waals surface area contributed by atoms with Gasteiger partial charge in [0.25, 0.3) is 5.91 Å². The van der Waals surface area contributed by atoms with Crippen LogP contribution in [0.5, 0.6) is 5.75 Å². The van der Waals surface area contributed by atoms with E-state index in [2.05, 4.69) is 10.9 Å². The van der Waals surface area contributed by atoms with E-state index >= 15 is 0 Å². The summed E-state index contributed by atoms with van der Waals surface area (Å²) in [5.74, 6) is -0.000463. The Morgan fingerprint density at radius 1 is 1.00 bits per heavy atom. The number of hydrogen-bond donors (Lipinski definition) is 2. The van der Waals surface area contributed by atoms with Gasteiger partial charge in [-0.05, 0) is 48.6 Å². The van der Waals surface area contributed by atoms with E-state index in [4.69, 9.17) is 4.74 Å². The lowest BCUT2D eigenvalue weighted by atomic mass is 10.1. The Morgan fingerprint density at radius 2 is 1.78 bits per heavy atom. The summed E-state index contributed by atoms with van der Waals surface area (Å²) >= 11 is 0. The highest BCUT2D eigenvalue weighted by Gasteiger charge is 2.08. The molecule has 140 valence electrons. The highest BCUT2D eigenvalue weighted by atomic mass is 16.5. The minimum absolute atomic E-state index is 0.160. The van der Waals surface area contributed by atoms with E-state index in [-0.39, 0.29) is 18.9 Å². The molecule has 1 aromatic heterocycles. The van der Waals surface area contributed by atoms with E-state index in [0.29, 0.717) is 12.3 Å². The average Bonchev–Trinajstić information content (AvgIpc) is 3.08. The molecule has 0 bridgehead atoms. The minimum Gasteiger partial charge on any atom is -0.483 e. The molecule has 0 fully saturated rings. The number of benzene rings is 2. The third-order valence-corrected chi connectivity index (χ3v) is 4.30. The van der Waals surface area contributed by atoms with Crippen LogP contribution in [-0.2, 0) is 16.1 Å². The Bertz CT molecular complexity index is 962. The number of hydrogen-bond acceptors (Lipinski definition) is 3. The van der Waals surface area contributed by atoms with E-state index in [1.807, 2.05) is 73.1 Å². The van der Waals surface area contributed by atoms with Gasteiger partial charge in [0, 0.05) is 24.7 Å². The molecule has 0 spiro atoms. The van der Waals surface area contributed by atoms with E-state index in [1.54, 1.807) is 0 Å². The molecule has 0 aliphatic carbocycles. The maximum Gasteiger partial charge on any atom is 0.276 e. The second kappa shape index (κ2) is 8.40. The van der Waals surface area contributed by atoms with Crippen LogP contribution in [0.15, 0.2) is 54.7 Å². The lowest BCUT2D eigenvalue weighted by molar-refractivity contribution is -0.130. The van der Waals surface area contributed by atoms with Crippen molar-refractivity contribution in [1.29, 1.82) is 0 Å². The van der Waals surface area contributed by atoms with E-state index < -0.39 is 5.91 Å². The molecule has 2 amide bonds. The third kappa shape index (κ3) is 4.88. The monoisotopic (exact) mass is 365 g/mol. The lowest BCUT2D eigenvalue weighted by Gasteiger charge is -2.11. The first kappa shape index (κ1) is 18.5. The smallest absolute Gasteiger partial charge is 0.276 e. The van der Waals surface area contributed by atoms with Crippen LogP contribution in [0.25, 0.3) is 10.9 Å². The Hall–Kier alpha value is -3.28. The van der Waals surface area contributed by atoms with Crippen LogP contribution >= 0.6 is 0 Å². The maximum absolute atomic E-state index is 12.0. The molecule has 6 heteroatoms. The number of nitrogens with one attached hydrogen (secondary N) is 2. The first-order valence-electron chi connectivity index (χ1n) is 8.84. The summed E-state index contributed by atoms with van der Waals surface area (Å²) in [6.07, 6.45) is 2.21. The van der Waals surface area contributed by atoms with Crippen molar-refractivity contribution in [2.45, 2.75) is 26.8 Å². The zero-order valence-corrected chi connectivity index (χ0v) is 15.5. The SMILES string of the molecule is Cc1ccc(C)c(OCC(=O)NNC(=O)CCn2ccc3ccccc32)c1. The molecule has 3 aromatic rings. The number of rotatable bonds is 6. The summed E-state index contributed by atoms with van der Waals surface area (Å²) in [5.41, 5.74) is 7.90. The molecule has 0 saturated heterocycles. The van der Waals surface area contributed by atoms with Gasteiger partial charge in [0.1, 0.15) is 5.75 Å². The molecule has 0 aliphatic heterocycles. The molecule has 0 radical (unpaired) electrons. The minimum atomic E-state index is -0.407. The number of amides is 2. The third-order valence-electron chi connectivity index (χ3n) is 4.30. The van der Waals surface area contributed by atoms with Gasteiger partial charge in [-0.2, -0.15) is 0 Å². The van der Waals surface area contributed by atoms with E-state index in [9.17, 15) is 9.59 Å². The van der Waals surface area contributed by atoms with Gasteiger partial charge < -0.3 is 9.30 Å². The van der Waals surface area contributed by atoms with Gasteiger partial charge in [0.15, 0.2) is 6.61 Å². The van der Waals surface area contributed by atoms with Crippen LogP contribution in [0.1, 0.15) is 17.5 Å². The number of para-hydroxylation sites is 1. The summed E-state index contributed by atoms with van der Waals surface area (Å²) in [6.45, 7) is 4.25. The van der Waals surface area contributed by atoms with Crippen LogP contribution in [0, 0.1) is 13.8 Å². The zero-order valence-electron chi connectivity index (χ0n) is 15.5. The van der Waals surface area contributed by atoms with Crippen LogP contribution in [0.2, 0.25) is 0 Å². The second-order valence-corrected chi connectivity index (χ2v) is 6.47. The summed E-state index contributed by atoms with van der Waals surface area (Å²) in [6, 6.07) is 15.8. The number of ether oxygens (including phenoxy) is 1. The largest absolute Gasteiger partial charge is 0.483 e. The second-order valence-electron chi connectivity index (χ2n) is 6.47. The molecule has 1 heterocycles. The molecule has 2 aromatic carbocycles. The number of nitrogens with zero attached hydrogens (tertiary/aromatic N) is 1. The van der Waals surface area contributed by atoms with Crippen molar-refractivity contribution in [3.8, 4) is 5.75 Å². The number of carbonyl (C=O) groups excluding carboxylic acids is 2. The Labute approximate surface area is 158 Å². The van der Waals surface area contributed by atoms with Gasteiger partial charge in [-0.15, -0.1) is 0 Å². The summed E-state index contributed by atoms with van der Waals surface area (Å²) < 4.78 is 7.53. The van der Waals surface area contributed by atoms with Gasteiger partial charge >= 0.3 is 0 Å². The van der Waals surface area contributed by atoms with Crippen molar-refractivity contribution < 1.29 is 14.3 Å². The first-order valence-corrected chi connectivity index (χ1v) is 8.84. The molecule has 3 rings (SSSR count). The molecule has 0 unspecified atom stereocenters. The van der Waals surface area contributed by atoms with Crippen molar-refractivity contribution in [3.63, 3.8) is 0 Å². The van der Waals surface area contributed by atoms with E-state index in [1.165, 1.54) is 0 Å². The van der Waals surface area contributed by atoms with Crippen molar-refractivity contribution in [2.24, 2.45) is 0 Å². The van der Waals surface area contributed by atoms with Crippen molar-refractivity contribution in [2.75, 3.05) is 6.61 Å². The fourth-order valence-electron chi connectivity index (χ4n) is 2.80. The predicted octanol–water partition coefficient (Wildman–Crippen LogP) is 2.87. The quantitative estimate of drug-likeness (QED) is 0.660. The Morgan fingerprint density at radius 3 is 2.63 bits per heavy atom. The van der Waals surface area contributed by atoms with Crippen LogP contribution in [0.4, 0.5) is 0 Å². The average molecular weight is 365 g/mol. The summed E-state index contributed by atoms with van der Waals surface area (Å²) in [5, 5.41) is 1.13. The number of carbonyl (C=O) groups is 2. The lowest BCUT2D eigenvalue weighted by Crippen LogP contribution is -2.44. The van der Waals surface area contributed by atoms with Gasteiger partial charge in [0.2, 0.25) is 5.91 Å². The van der Waals surface area contributed by atoms with Crippen LogP contribution < -0.4 is 15.6 Å². The van der Waals surface area contributed by atoms with Crippen LogP contribution in [0.3, 0.4) is 0 Å². The molecule has 0 saturated carbocycles. The molecular formula is C21H23N3O3. The van der Waals surface area contributed by atoms with Crippen molar-refractivity contribution >= 4 is 22.7 Å². The van der Waals surface area contributed by atoms with Gasteiger partial charge in [-0.25, -0.2) is 0 Å². The fraction of sp³-hybridized carbons (Fsp3) is 0.238. The number of fused-ring (bicyclic) bond motifs is 1. The zero-order chi connectivity index (χ0) is 19.2. The number of aromatic nitrogens is 1. The molecule has 27 heavy (non-hydrogen) atoms. The molecule has 2 N–H and O–H groups in total. The molecule has 0 atom stereocenters. The first-order chi connectivity index (χ1) is 13.0. The Kier molecular flexibility index (Phi) is 5.76. The molecule has 0 aliphatic rings. The predicted molar refractivity (Wildman–Crippen MR) is 104 cm³/mol. The Balaban J connectivity index is 1.42. The number of hydrazine groups is 1. The van der Waals surface area contributed by atoms with Gasteiger partial charge in [-0.3, -0.25) is 20.4 Å². The van der Waals surface area contributed by atoms with E-state index in [0.717, 1.165) is 22.0 Å². The topological polar surface area (TPSA) is 72.4 Å². The highest BCUT2D eigenvalue weighted by Crippen LogP contribution is 2.18. The highest BCUT2D eigenvalue weighted by molar-refractivity contribution is 5.83. The number of aryl methyl sites for hydroxylation is 3. The van der Waals surface area contributed by atoms with Gasteiger partial charge in [-0.1, -0.05) is 30.3 Å². The molecular weight excluding hydrogens is 342 g/mol. The van der Waals surface area contributed by atoms with Gasteiger partial charge in [0.05, 0.1) is 0 Å². The van der Waals surface area contributed by atoms with Crippen LogP contribution in [-0.4, -0.2) is 23.0 Å². The van der Waals surface area contributed by atoms with Crippen molar-refractivity contribution in [3.05, 3.63) is 65.9 Å².